The minimum atomic E-state index is 0.203. The average Bonchev–Trinajstić information content (AvgIpc) is 2.47. The first-order chi connectivity index (χ1) is 8.86. The van der Waals surface area contributed by atoms with E-state index in [2.05, 4.69) is 10.2 Å². The average molecular weight is 244 g/mol. The van der Waals surface area contributed by atoms with Gasteiger partial charge in [-0.15, -0.1) is 0 Å². The van der Waals surface area contributed by atoms with Crippen LogP contribution in [0.15, 0.2) is 30.3 Å². The molecule has 3 nitrogen and oxygen atoms in total. The first kappa shape index (κ1) is 11.7. The van der Waals surface area contributed by atoms with Crippen LogP contribution in [0.5, 0.6) is 0 Å². The van der Waals surface area contributed by atoms with Gasteiger partial charge in [-0.2, -0.15) is 0 Å². The van der Waals surface area contributed by atoms with E-state index in [1.165, 1.54) is 19.3 Å². The molecule has 96 valence electrons. The Balaban J connectivity index is 1.80. The van der Waals surface area contributed by atoms with Crippen LogP contribution in [0.4, 0.5) is 0 Å². The zero-order valence-electron chi connectivity index (χ0n) is 10.6. The Labute approximate surface area is 108 Å². The lowest BCUT2D eigenvalue weighted by Gasteiger charge is -2.44. The molecule has 1 saturated heterocycles. The topological polar surface area (TPSA) is 32.3 Å². The number of carbonyl (C=O) groups is 1. The highest BCUT2D eigenvalue weighted by Crippen LogP contribution is 2.26. The summed E-state index contributed by atoms with van der Waals surface area (Å²) in [4.78, 5) is 14.6. The van der Waals surface area contributed by atoms with Crippen LogP contribution in [0.25, 0.3) is 0 Å². The van der Waals surface area contributed by atoms with Crippen molar-refractivity contribution in [3.05, 3.63) is 35.9 Å². The van der Waals surface area contributed by atoms with Crippen molar-refractivity contribution >= 4 is 5.91 Å². The van der Waals surface area contributed by atoms with E-state index < -0.39 is 0 Å². The Morgan fingerprint density at radius 2 is 1.94 bits per heavy atom. The SMILES string of the molecule is O=C(c1ccccc1)N1CCN[C@H]2CCCC[C@H]21. The highest BCUT2D eigenvalue weighted by atomic mass is 16.2. The Morgan fingerprint density at radius 1 is 1.17 bits per heavy atom. The zero-order chi connectivity index (χ0) is 12.4. The molecule has 1 aromatic rings. The lowest BCUT2D eigenvalue weighted by Crippen LogP contribution is -2.60. The number of hydrogen-bond acceptors (Lipinski definition) is 2. The normalized spacial score (nSPS) is 27.7. The van der Waals surface area contributed by atoms with Crippen LogP contribution < -0.4 is 5.32 Å². The molecule has 0 radical (unpaired) electrons. The van der Waals surface area contributed by atoms with Gasteiger partial charge in [0.15, 0.2) is 0 Å². The van der Waals surface area contributed by atoms with Gasteiger partial charge in [0.25, 0.3) is 5.91 Å². The van der Waals surface area contributed by atoms with Crippen LogP contribution in [-0.2, 0) is 0 Å². The quantitative estimate of drug-likeness (QED) is 0.820. The Bertz CT molecular complexity index is 416. The van der Waals surface area contributed by atoms with Crippen molar-refractivity contribution in [3.8, 4) is 0 Å². The second kappa shape index (κ2) is 5.11. The third kappa shape index (κ3) is 2.15. The molecule has 18 heavy (non-hydrogen) atoms. The predicted molar refractivity (Wildman–Crippen MR) is 71.5 cm³/mol. The van der Waals surface area contributed by atoms with E-state index in [9.17, 15) is 4.79 Å². The predicted octanol–water partition coefficient (Wildman–Crippen LogP) is 2.04. The van der Waals surface area contributed by atoms with E-state index >= 15 is 0 Å². The molecule has 1 amide bonds. The van der Waals surface area contributed by atoms with Gasteiger partial charge in [-0.25, -0.2) is 0 Å². The monoisotopic (exact) mass is 244 g/mol. The molecule has 1 saturated carbocycles. The van der Waals surface area contributed by atoms with Gasteiger partial charge >= 0.3 is 0 Å². The van der Waals surface area contributed by atoms with Gasteiger partial charge in [-0.3, -0.25) is 4.79 Å². The molecular formula is C15H20N2O. The molecule has 3 rings (SSSR count). The summed E-state index contributed by atoms with van der Waals surface area (Å²) >= 11 is 0. The first-order valence-corrected chi connectivity index (χ1v) is 6.95. The molecule has 1 aromatic carbocycles. The maximum atomic E-state index is 12.6. The number of benzene rings is 1. The number of carbonyl (C=O) groups excluding carboxylic acids is 1. The van der Waals surface area contributed by atoms with Crippen molar-refractivity contribution in [2.45, 2.75) is 37.8 Å². The van der Waals surface area contributed by atoms with Gasteiger partial charge in [0.1, 0.15) is 0 Å². The summed E-state index contributed by atoms with van der Waals surface area (Å²) in [6, 6.07) is 10.6. The van der Waals surface area contributed by atoms with Gasteiger partial charge in [0.05, 0.1) is 0 Å². The van der Waals surface area contributed by atoms with Crippen LogP contribution >= 0.6 is 0 Å². The third-order valence-corrected chi connectivity index (χ3v) is 4.17. The Morgan fingerprint density at radius 3 is 2.78 bits per heavy atom. The van der Waals surface area contributed by atoms with Gasteiger partial charge in [-0.05, 0) is 25.0 Å². The number of piperazine rings is 1. The zero-order valence-corrected chi connectivity index (χ0v) is 10.6. The van der Waals surface area contributed by atoms with Gasteiger partial charge in [-0.1, -0.05) is 31.0 Å². The second-order valence-corrected chi connectivity index (χ2v) is 5.28. The van der Waals surface area contributed by atoms with E-state index in [1.807, 2.05) is 30.3 Å². The van der Waals surface area contributed by atoms with Crippen molar-refractivity contribution in [2.24, 2.45) is 0 Å². The number of nitrogens with one attached hydrogen (secondary N) is 1. The van der Waals surface area contributed by atoms with Crippen molar-refractivity contribution in [3.63, 3.8) is 0 Å². The minimum absolute atomic E-state index is 0.203. The molecule has 0 bridgehead atoms. The van der Waals surface area contributed by atoms with E-state index in [-0.39, 0.29) is 5.91 Å². The fourth-order valence-corrected chi connectivity index (χ4v) is 3.26. The molecule has 2 fully saturated rings. The third-order valence-electron chi connectivity index (χ3n) is 4.17. The van der Waals surface area contributed by atoms with Crippen LogP contribution in [0, 0.1) is 0 Å². The molecule has 0 spiro atoms. The summed E-state index contributed by atoms with van der Waals surface area (Å²) in [6.07, 6.45) is 4.91. The highest BCUT2D eigenvalue weighted by Gasteiger charge is 2.35. The van der Waals surface area contributed by atoms with Gasteiger partial charge in [0, 0.05) is 30.7 Å². The maximum absolute atomic E-state index is 12.6. The standard InChI is InChI=1S/C15H20N2O/c18-15(12-6-2-1-3-7-12)17-11-10-16-13-8-4-5-9-14(13)17/h1-3,6-7,13-14,16H,4-5,8-11H2/t13-,14+/m0/s1. The van der Waals surface area contributed by atoms with Crippen molar-refractivity contribution in [1.82, 2.24) is 10.2 Å². The summed E-state index contributed by atoms with van der Waals surface area (Å²) in [5.41, 5.74) is 0.823. The molecular weight excluding hydrogens is 224 g/mol. The highest BCUT2D eigenvalue weighted by molar-refractivity contribution is 5.94. The number of amides is 1. The van der Waals surface area contributed by atoms with Gasteiger partial charge in [0.2, 0.25) is 0 Å². The maximum Gasteiger partial charge on any atom is 0.254 e. The molecule has 1 aliphatic carbocycles. The van der Waals surface area contributed by atoms with Crippen molar-refractivity contribution in [2.75, 3.05) is 13.1 Å². The smallest absolute Gasteiger partial charge is 0.254 e. The molecule has 1 aliphatic heterocycles. The summed E-state index contributed by atoms with van der Waals surface area (Å²) in [6.45, 7) is 1.77. The van der Waals surface area contributed by atoms with E-state index in [4.69, 9.17) is 0 Å². The molecule has 2 aliphatic rings. The lowest BCUT2D eigenvalue weighted by atomic mass is 9.87. The Hall–Kier alpha value is -1.35. The number of fused-ring (bicyclic) bond motifs is 1. The van der Waals surface area contributed by atoms with E-state index in [0.717, 1.165) is 25.1 Å². The first-order valence-electron chi connectivity index (χ1n) is 6.95. The van der Waals surface area contributed by atoms with Crippen molar-refractivity contribution < 1.29 is 4.79 Å². The minimum Gasteiger partial charge on any atom is -0.333 e. The van der Waals surface area contributed by atoms with Gasteiger partial charge < -0.3 is 10.2 Å². The van der Waals surface area contributed by atoms with Crippen molar-refractivity contribution in [1.29, 1.82) is 0 Å². The summed E-state index contributed by atoms with van der Waals surface area (Å²) in [7, 11) is 0. The van der Waals surface area contributed by atoms with E-state index in [0.29, 0.717) is 12.1 Å². The molecule has 1 N–H and O–H groups in total. The Kier molecular flexibility index (Phi) is 3.33. The summed E-state index contributed by atoms with van der Waals surface area (Å²) in [5.74, 6) is 0.203. The van der Waals surface area contributed by atoms with Crippen LogP contribution in [0.3, 0.4) is 0 Å². The number of nitrogens with zero attached hydrogens (tertiary/aromatic N) is 1. The van der Waals surface area contributed by atoms with Crippen LogP contribution in [0.2, 0.25) is 0 Å². The molecule has 3 heteroatoms. The fraction of sp³-hybridized carbons (Fsp3) is 0.533. The second-order valence-electron chi connectivity index (χ2n) is 5.28. The largest absolute Gasteiger partial charge is 0.333 e. The molecule has 0 aromatic heterocycles. The van der Waals surface area contributed by atoms with Crippen LogP contribution in [-0.4, -0.2) is 36.0 Å². The molecule has 2 atom stereocenters. The lowest BCUT2D eigenvalue weighted by molar-refractivity contribution is 0.0489. The molecule has 0 unspecified atom stereocenters. The number of hydrogen-bond donors (Lipinski definition) is 1. The number of rotatable bonds is 1. The van der Waals surface area contributed by atoms with E-state index in [1.54, 1.807) is 0 Å². The fourth-order valence-electron chi connectivity index (χ4n) is 3.26. The summed E-state index contributed by atoms with van der Waals surface area (Å²) in [5, 5.41) is 3.56. The summed E-state index contributed by atoms with van der Waals surface area (Å²) < 4.78 is 0. The van der Waals surface area contributed by atoms with Crippen LogP contribution in [0.1, 0.15) is 36.0 Å². The molecule has 1 heterocycles.